The minimum absolute atomic E-state index is 0.824. The standard InChI is InChI=1S/C3H4O3.C2H3FO/c1-2(4)3(5)6;1-2(3)4/h1H3,(H,5,6);1H3. The molecule has 5 heteroatoms. The first kappa shape index (κ1) is 11.5. The second kappa shape index (κ2) is 5.87. The predicted octanol–water partition coefficient (Wildman–Crippen LogP) is 0.162. The van der Waals surface area contributed by atoms with E-state index < -0.39 is 17.8 Å². The zero-order valence-electron chi connectivity index (χ0n) is 5.55. The third kappa shape index (κ3) is 29.6. The molecule has 0 bridgehead atoms. The Morgan fingerprint density at radius 1 is 1.20 bits per heavy atom. The molecule has 0 rings (SSSR count). The van der Waals surface area contributed by atoms with Gasteiger partial charge in [0.15, 0.2) is 0 Å². The molecule has 0 saturated heterocycles. The van der Waals surface area contributed by atoms with Crippen LogP contribution in [0.4, 0.5) is 4.39 Å². The molecule has 0 unspecified atom stereocenters. The van der Waals surface area contributed by atoms with Gasteiger partial charge in [-0.3, -0.25) is 9.59 Å². The van der Waals surface area contributed by atoms with E-state index >= 15 is 0 Å². The van der Waals surface area contributed by atoms with E-state index in [1.807, 2.05) is 0 Å². The zero-order valence-corrected chi connectivity index (χ0v) is 5.55. The highest BCUT2D eigenvalue weighted by atomic mass is 19.1. The molecule has 58 valence electrons. The molecular weight excluding hydrogens is 143 g/mol. The monoisotopic (exact) mass is 150 g/mol. The Morgan fingerprint density at radius 2 is 1.30 bits per heavy atom. The third-order valence-corrected chi connectivity index (χ3v) is 0.301. The molecule has 0 atom stereocenters. The molecule has 0 aliphatic carbocycles. The normalized spacial score (nSPS) is 7.10. The van der Waals surface area contributed by atoms with Gasteiger partial charge in [-0.05, 0) is 0 Å². The van der Waals surface area contributed by atoms with E-state index in [-0.39, 0.29) is 0 Å². The summed E-state index contributed by atoms with van der Waals surface area (Å²) in [5, 5.41) is 7.64. The van der Waals surface area contributed by atoms with E-state index in [0.29, 0.717) is 0 Å². The molecule has 0 amide bonds. The fraction of sp³-hybridized carbons (Fsp3) is 0.400. The molecule has 0 aromatic carbocycles. The van der Waals surface area contributed by atoms with Crippen molar-refractivity contribution < 1.29 is 23.9 Å². The number of carboxylic acid groups (broad SMARTS) is 1. The highest BCUT2D eigenvalue weighted by Crippen LogP contribution is 1.61. The number of aliphatic carboxylic acids is 1. The van der Waals surface area contributed by atoms with Gasteiger partial charge in [-0.15, -0.1) is 0 Å². The van der Waals surface area contributed by atoms with Gasteiger partial charge in [0, 0.05) is 13.8 Å². The quantitative estimate of drug-likeness (QED) is 0.427. The Morgan fingerprint density at radius 3 is 1.30 bits per heavy atom. The SMILES string of the molecule is CC(=O)C(=O)O.CC(=O)F. The highest BCUT2D eigenvalue weighted by Gasteiger charge is 1.98. The van der Waals surface area contributed by atoms with Gasteiger partial charge >= 0.3 is 5.97 Å². The van der Waals surface area contributed by atoms with Crippen LogP contribution < -0.4 is 0 Å². The van der Waals surface area contributed by atoms with Crippen LogP contribution in [-0.4, -0.2) is 22.9 Å². The topological polar surface area (TPSA) is 71.4 Å². The Kier molecular flexibility index (Phi) is 6.76. The summed E-state index contributed by atoms with van der Waals surface area (Å²) in [6.07, 6.45) is 0. The lowest BCUT2D eigenvalue weighted by atomic mass is 10.5. The first-order chi connectivity index (χ1) is 4.37. The smallest absolute Gasteiger partial charge is 0.371 e. The maximum absolute atomic E-state index is 10.4. The van der Waals surface area contributed by atoms with Crippen molar-refractivity contribution in [2.45, 2.75) is 13.8 Å². The summed E-state index contributed by atoms with van der Waals surface area (Å²) >= 11 is 0. The number of ketones is 1. The Bertz CT molecular complexity index is 136. The number of carbonyl (C=O) groups is 3. The number of halogens is 1. The number of carbonyl (C=O) groups excluding carboxylic acids is 2. The molecule has 10 heavy (non-hydrogen) atoms. The van der Waals surface area contributed by atoms with Gasteiger partial charge in [0.1, 0.15) is 0 Å². The first-order valence-corrected chi connectivity index (χ1v) is 2.27. The van der Waals surface area contributed by atoms with Crippen LogP contribution in [0.2, 0.25) is 0 Å². The second-order valence-corrected chi connectivity index (χ2v) is 1.33. The maximum atomic E-state index is 10.4. The molecule has 0 fully saturated rings. The molecule has 0 spiro atoms. The van der Waals surface area contributed by atoms with E-state index in [1.165, 1.54) is 0 Å². The molecule has 1 N–H and O–H groups in total. The number of carboxylic acids is 1. The summed E-state index contributed by atoms with van der Waals surface area (Å²) in [4.78, 5) is 27.7. The Balaban J connectivity index is 0. The van der Waals surface area contributed by atoms with E-state index in [1.54, 1.807) is 0 Å². The van der Waals surface area contributed by atoms with Crippen molar-refractivity contribution in [1.29, 1.82) is 0 Å². The summed E-state index contributed by atoms with van der Waals surface area (Å²) in [5.74, 6) is -2.20. The predicted molar refractivity (Wildman–Crippen MR) is 30.1 cm³/mol. The van der Waals surface area contributed by atoms with E-state index in [0.717, 1.165) is 13.8 Å². The van der Waals surface area contributed by atoms with Crippen LogP contribution in [0.3, 0.4) is 0 Å². The molecule has 4 nitrogen and oxygen atoms in total. The van der Waals surface area contributed by atoms with Crippen molar-refractivity contribution in [3.63, 3.8) is 0 Å². The lowest BCUT2D eigenvalue weighted by Crippen LogP contribution is -2.05. The lowest BCUT2D eigenvalue weighted by Gasteiger charge is -1.73. The van der Waals surface area contributed by atoms with Gasteiger partial charge in [0.2, 0.25) is 5.78 Å². The highest BCUT2D eigenvalue weighted by molar-refractivity contribution is 6.31. The summed E-state index contributed by atoms with van der Waals surface area (Å²) in [5.41, 5.74) is 0. The van der Waals surface area contributed by atoms with Gasteiger partial charge in [-0.25, -0.2) is 4.79 Å². The molecule has 0 aliphatic heterocycles. The largest absolute Gasteiger partial charge is 0.476 e. The van der Waals surface area contributed by atoms with Crippen LogP contribution >= 0.6 is 0 Å². The zero-order chi connectivity index (χ0) is 8.73. The van der Waals surface area contributed by atoms with Crippen molar-refractivity contribution in [1.82, 2.24) is 0 Å². The third-order valence-electron chi connectivity index (χ3n) is 0.301. The summed E-state index contributed by atoms with van der Waals surface area (Å²) in [6.45, 7) is 1.86. The van der Waals surface area contributed by atoms with Crippen LogP contribution in [-0.2, 0) is 14.4 Å². The first-order valence-electron chi connectivity index (χ1n) is 2.27. The fourth-order valence-electron chi connectivity index (χ4n) is 0. The molecule has 0 saturated carbocycles. The molecule has 0 heterocycles. The van der Waals surface area contributed by atoms with Crippen molar-refractivity contribution in [2.75, 3.05) is 0 Å². The second-order valence-electron chi connectivity index (χ2n) is 1.33. The van der Waals surface area contributed by atoms with Gasteiger partial charge in [0.05, 0.1) is 0 Å². The van der Waals surface area contributed by atoms with E-state index in [4.69, 9.17) is 9.90 Å². The van der Waals surface area contributed by atoms with Crippen molar-refractivity contribution >= 4 is 17.8 Å². The minimum atomic E-state index is -1.38. The summed E-state index contributed by atoms with van der Waals surface area (Å²) in [7, 11) is 0. The van der Waals surface area contributed by atoms with Crippen molar-refractivity contribution in [2.24, 2.45) is 0 Å². The number of Topliss-reactive ketones (excluding diaryl/α,β-unsaturated/α-hetero) is 1. The van der Waals surface area contributed by atoms with Crippen LogP contribution in [0, 0.1) is 0 Å². The Hall–Kier alpha value is -1.26. The average molecular weight is 150 g/mol. The van der Waals surface area contributed by atoms with Gasteiger partial charge in [-0.2, -0.15) is 4.39 Å². The average Bonchev–Trinajstić information content (AvgIpc) is 1.63. The van der Waals surface area contributed by atoms with Gasteiger partial charge < -0.3 is 5.11 Å². The van der Waals surface area contributed by atoms with Crippen molar-refractivity contribution in [3.8, 4) is 0 Å². The van der Waals surface area contributed by atoms with E-state index in [9.17, 15) is 14.0 Å². The lowest BCUT2D eigenvalue weighted by molar-refractivity contribution is -0.148. The molecule has 0 aliphatic rings. The fourth-order valence-corrected chi connectivity index (χ4v) is 0. The summed E-state index contributed by atoms with van der Waals surface area (Å²) in [6, 6.07) is -1.33. The summed E-state index contributed by atoms with van der Waals surface area (Å²) < 4.78 is 10.4. The number of hydrogen-bond acceptors (Lipinski definition) is 3. The molecule has 0 aromatic heterocycles. The maximum Gasteiger partial charge on any atom is 0.371 e. The van der Waals surface area contributed by atoms with Crippen LogP contribution in [0.15, 0.2) is 0 Å². The number of rotatable bonds is 1. The minimum Gasteiger partial charge on any atom is -0.476 e. The van der Waals surface area contributed by atoms with Crippen molar-refractivity contribution in [3.05, 3.63) is 0 Å². The van der Waals surface area contributed by atoms with Crippen LogP contribution in [0.25, 0.3) is 0 Å². The molecule has 0 radical (unpaired) electrons. The van der Waals surface area contributed by atoms with Crippen LogP contribution in [0.1, 0.15) is 13.8 Å². The van der Waals surface area contributed by atoms with Crippen LogP contribution in [0.5, 0.6) is 0 Å². The van der Waals surface area contributed by atoms with E-state index in [2.05, 4.69) is 0 Å². The van der Waals surface area contributed by atoms with Gasteiger partial charge in [-0.1, -0.05) is 0 Å². The molecule has 0 aromatic rings. The number of hydrogen-bond donors (Lipinski definition) is 1. The van der Waals surface area contributed by atoms with Gasteiger partial charge in [0.25, 0.3) is 6.04 Å². The molecular formula is C5H7FO4. The Labute approximate surface area is 56.6 Å².